The molecular formula is C23H25N3O2S. The maximum Gasteiger partial charge on any atom is 0.263 e. The van der Waals surface area contributed by atoms with Crippen LogP contribution in [0.2, 0.25) is 0 Å². The summed E-state index contributed by atoms with van der Waals surface area (Å²) in [5, 5.41) is 0.745. The quantitative estimate of drug-likeness (QED) is 0.648. The van der Waals surface area contributed by atoms with Gasteiger partial charge >= 0.3 is 0 Å². The van der Waals surface area contributed by atoms with Crippen molar-refractivity contribution < 1.29 is 4.79 Å². The summed E-state index contributed by atoms with van der Waals surface area (Å²) in [6.45, 7) is 4.84. The maximum absolute atomic E-state index is 13.4. The summed E-state index contributed by atoms with van der Waals surface area (Å²) in [6, 6.07) is 8.06. The largest absolute Gasteiger partial charge is 0.311 e. The van der Waals surface area contributed by atoms with Gasteiger partial charge in [0.15, 0.2) is 0 Å². The number of hydrogen-bond acceptors (Lipinski definition) is 4. The Morgan fingerprint density at radius 1 is 1.28 bits per heavy atom. The number of carbonyl (C=O) groups is 1. The first-order valence-electron chi connectivity index (χ1n) is 10.4. The van der Waals surface area contributed by atoms with Crippen molar-refractivity contribution in [1.29, 1.82) is 0 Å². The zero-order valence-electron chi connectivity index (χ0n) is 16.9. The molecule has 0 saturated carbocycles. The van der Waals surface area contributed by atoms with Crippen molar-refractivity contribution in [1.82, 2.24) is 9.55 Å². The van der Waals surface area contributed by atoms with E-state index in [-0.39, 0.29) is 18.0 Å². The third-order valence-electron chi connectivity index (χ3n) is 6.31. The molecule has 0 saturated heterocycles. The molecule has 0 bridgehead atoms. The van der Waals surface area contributed by atoms with Gasteiger partial charge in [0.2, 0.25) is 5.91 Å². The molecule has 1 atom stereocenters. The molecule has 0 radical (unpaired) electrons. The molecule has 0 N–H and O–H groups in total. The predicted octanol–water partition coefficient (Wildman–Crippen LogP) is 3.87. The second-order valence-electron chi connectivity index (χ2n) is 8.36. The van der Waals surface area contributed by atoms with Crippen LogP contribution in [0.1, 0.15) is 41.6 Å². The van der Waals surface area contributed by atoms with Crippen molar-refractivity contribution in [3.05, 3.63) is 56.4 Å². The van der Waals surface area contributed by atoms with Gasteiger partial charge in [-0.25, -0.2) is 4.98 Å². The van der Waals surface area contributed by atoms with Gasteiger partial charge in [-0.3, -0.25) is 14.2 Å². The van der Waals surface area contributed by atoms with Crippen LogP contribution < -0.4 is 10.5 Å². The Morgan fingerprint density at radius 3 is 2.97 bits per heavy atom. The number of para-hydroxylation sites is 1. The minimum atomic E-state index is -0.0572. The van der Waals surface area contributed by atoms with Crippen LogP contribution in [0, 0.1) is 12.8 Å². The standard InChI is InChI=1S/C23H25N3O2S/c1-14-9-10-17-19(12-14)29-22-21(17)23(28)26(15(2)24-22)13-20(27)25-11-5-7-16-6-3-4-8-18(16)25/h3-4,6,8,14H,5,7,9-13H2,1-2H3. The molecule has 6 heteroatoms. The van der Waals surface area contributed by atoms with Gasteiger partial charge in [0.05, 0.1) is 5.39 Å². The average Bonchev–Trinajstić information content (AvgIpc) is 3.07. The van der Waals surface area contributed by atoms with Crippen LogP contribution in [0.5, 0.6) is 0 Å². The molecule has 1 aliphatic carbocycles. The zero-order valence-corrected chi connectivity index (χ0v) is 17.7. The molecule has 150 valence electrons. The number of benzene rings is 1. The Kier molecular flexibility index (Phi) is 4.54. The van der Waals surface area contributed by atoms with E-state index >= 15 is 0 Å². The summed E-state index contributed by atoms with van der Waals surface area (Å²) in [4.78, 5) is 35.3. The highest BCUT2D eigenvalue weighted by Gasteiger charge is 2.26. The van der Waals surface area contributed by atoms with Gasteiger partial charge in [0.1, 0.15) is 17.2 Å². The minimum absolute atomic E-state index is 0.0405. The average molecular weight is 408 g/mol. The van der Waals surface area contributed by atoms with E-state index in [0.29, 0.717) is 18.3 Å². The number of rotatable bonds is 2. The van der Waals surface area contributed by atoms with Crippen molar-refractivity contribution in [3.8, 4) is 0 Å². The number of nitrogens with zero attached hydrogens (tertiary/aromatic N) is 3. The maximum atomic E-state index is 13.4. The molecule has 5 rings (SSSR count). The van der Waals surface area contributed by atoms with Gasteiger partial charge in [-0.15, -0.1) is 11.3 Å². The third-order valence-corrected chi connectivity index (χ3v) is 7.46. The predicted molar refractivity (Wildman–Crippen MR) is 117 cm³/mol. The van der Waals surface area contributed by atoms with Crippen LogP contribution in [-0.2, 0) is 30.6 Å². The van der Waals surface area contributed by atoms with Crippen LogP contribution in [0.15, 0.2) is 29.1 Å². The Labute approximate surface area is 174 Å². The second kappa shape index (κ2) is 7.10. The van der Waals surface area contributed by atoms with Crippen molar-refractivity contribution in [2.45, 2.75) is 52.5 Å². The molecule has 3 aromatic rings. The van der Waals surface area contributed by atoms with Gasteiger partial charge < -0.3 is 4.90 Å². The fraction of sp³-hybridized carbons (Fsp3) is 0.435. The molecule has 1 aromatic carbocycles. The highest BCUT2D eigenvalue weighted by molar-refractivity contribution is 7.18. The molecule has 3 heterocycles. The van der Waals surface area contributed by atoms with E-state index in [9.17, 15) is 9.59 Å². The van der Waals surface area contributed by atoms with Crippen LogP contribution in [-0.4, -0.2) is 22.0 Å². The molecule has 1 amide bonds. The summed E-state index contributed by atoms with van der Waals surface area (Å²) in [5.74, 6) is 1.23. The van der Waals surface area contributed by atoms with Crippen LogP contribution >= 0.6 is 11.3 Å². The Morgan fingerprint density at radius 2 is 2.10 bits per heavy atom. The van der Waals surface area contributed by atoms with Crippen molar-refractivity contribution >= 4 is 33.1 Å². The molecule has 5 nitrogen and oxygen atoms in total. The van der Waals surface area contributed by atoms with E-state index in [1.54, 1.807) is 15.9 Å². The number of anilines is 1. The molecule has 2 aromatic heterocycles. The van der Waals surface area contributed by atoms with E-state index in [2.05, 4.69) is 13.0 Å². The topological polar surface area (TPSA) is 55.2 Å². The zero-order chi connectivity index (χ0) is 20.1. The summed E-state index contributed by atoms with van der Waals surface area (Å²) < 4.78 is 1.58. The number of fused-ring (bicyclic) bond motifs is 4. The van der Waals surface area contributed by atoms with Gasteiger partial charge in [0.25, 0.3) is 5.56 Å². The van der Waals surface area contributed by atoms with E-state index < -0.39 is 0 Å². The van der Waals surface area contributed by atoms with Crippen molar-refractivity contribution in [3.63, 3.8) is 0 Å². The Bertz CT molecular complexity index is 1180. The van der Waals surface area contributed by atoms with Crippen LogP contribution in [0.4, 0.5) is 5.69 Å². The van der Waals surface area contributed by atoms with Gasteiger partial charge in [-0.2, -0.15) is 0 Å². The summed E-state index contributed by atoms with van der Waals surface area (Å²) >= 11 is 1.66. The highest BCUT2D eigenvalue weighted by Crippen LogP contribution is 2.36. The van der Waals surface area contributed by atoms with Crippen molar-refractivity contribution in [2.24, 2.45) is 5.92 Å². The number of aromatic nitrogens is 2. The first-order valence-corrected chi connectivity index (χ1v) is 11.2. The molecule has 2 aliphatic rings. The fourth-order valence-corrected chi connectivity index (χ4v) is 6.14. The molecule has 0 spiro atoms. The van der Waals surface area contributed by atoms with E-state index in [0.717, 1.165) is 48.0 Å². The number of aryl methyl sites for hydroxylation is 3. The first-order chi connectivity index (χ1) is 14.0. The van der Waals surface area contributed by atoms with Crippen LogP contribution in [0.25, 0.3) is 10.2 Å². The molecule has 1 unspecified atom stereocenters. The normalized spacial score (nSPS) is 18.6. The van der Waals surface area contributed by atoms with E-state index in [1.807, 2.05) is 30.0 Å². The number of amides is 1. The Balaban J connectivity index is 1.53. The number of carbonyl (C=O) groups excluding carboxylic acids is 1. The van der Waals surface area contributed by atoms with Crippen molar-refractivity contribution in [2.75, 3.05) is 11.4 Å². The van der Waals surface area contributed by atoms with E-state index in [4.69, 9.17) is 4.98 Å². The lowest BCUT2D eigenvalue weighted by molar-refractivity contribution is -0.119. The number of hydrogen-bond donors (Lipinski definition) is 0. The molecule has 0 fully saturated rings. The summed E-state index contributed by atoms with van der Waals surface area (Å²) in [6.07, 6.45) is 5.01. The number of thiophene rings is 1. The lowest BCUT2D eigenvalue weighted by Crippen LogP contribution is -2.40. The molecule has 1 aliphatic heterocycles. The van der Waals surface area contributed by atoms with E-state index in [1.165, 1.54) is 16.0 Å². The minimum Gasteiger partial charge on any atom is -0.311 e. The molecular weight excluding hydrogens is 382 g/mol. The Hall–Kier alpha value is -2.47. The molecule has 29 heavy (non-hydrogen) atoms. The third kappa shape index (κ3) is 3.10. The lowest BCUT2D eigenvalue weighted by atomic mass is 9.89. The SMILES string of the molecule is Cc1nc2sc3c(c2c(=O)n1CC(=O)N1CCCc2ccccc21)CCC(C)C3. The summed E-state index contributed by atoms with van der Waals surface area (Å²) in [5.41, 5.74) is 3.29. The first kappa shape index (κ1) is 18.6. The highest BCUT2D eigenvalue weighted by atomic mass is 32.1. The lowest BCUT2D eigenvalue weighted by Gasteiger charge is -2.29. The smallest absolute Gasteiger partial charge is 0.263 e. The fourth-order valence-electron chi connectivity index (χ4n) is 4.72. The second-order valence-corrected chi connectivity index (χ2v) is 9.44. The van der Waals surface area contributed by atoms with Gasteiger partial charge in [-0.05, 0) is 62.1 Å². The van der Waals surface area contributed by atoms with Gasteiger partial charge in [-0.1, -0.05) is 25.1 Å². The monoisotopic (exact) mass is 407 g/mol. The summed E-state index contributed by atoms with van der Waals surface area (Å²) in [7, 11) is 0. The van der Waals surface area contributed by atoms with Gasteiger partial charge in [0, 0.05) is 17.1 Å². The van der Waals surface area contributed by atoms with Crippen LogP contribution in [0.3, 0.4) is 0 Å².